The van der Waals surface area contributed by atoms with Crippen LogP contribution in [-0.2, 0) is 9.53 Å². The smallest absolute Gasteiger partial charge is 0.410 e. The molecule has 1 heterocycles. The van der Waals surface area contributed by atoms with E-state index in [-0.39, 0.29) is 23.9 Å². The Morgan fingerprint density at radius 1 is 1.38 bits per heavy atom. The molecule has 1 atom stereocenters. The van der Waals surface area contributed by atoms with Crippen LogP contribution < -0.4 is 10.2 Å². The van der Waals surface area contributed by atoms with Gasteiger partial charge in [0, 0.05) is 5.69 Å². The van der Waals surface area contributed by atoms with Gasteiger partial charge in [-0.05, 0) is 38.5 Å². The number of hydrogen-bond donors (Lipinski definition) is 2. The summed E-state index contributed by atoms with van der Waals surface area (Å²) in [6.07, 6.45) is -0.302. The van der Waals surface area contributed by atoms with Crippen LogP contribution in [0.3, 0.4) is 0 Å². The second kappa shape index (κ2) is 8.10. The minimum Gasteiger partial charge on any atom is -0.450 e. The highest BCUT2D eigenvalue weighted by atomic mass is 19.1. The van der Waals surface area contributed by atoms with Crippen molar-refractivity contribution >= 4 is 17.7 Å². The van der Waals surface area contributed by atoms with Crippen molar-refractivity contribution in [1.29, 1.82) is 0 Å². The van der Waals surface area contributed by atoms with Crippen molar-refractivity contribution in [3.63, 3.8) is 0 Å². The number of anilines is 1. The molecule has 1 fully saturated rings. The van der Waals surface area contributed by atoms with Gasteiger partial charge >= 0.3 is 6.09 Å². The van der Waals surface area contributed by atoms with Gasteiger partial charge in [0.05, 0.1) is 32.8 Å². The number of ether oxygens (including phenoxy) is 1. The van der Waals surface area contributed by atoms with Crippen molar-refractivity contribution in [1.82, 2.24) is 4.90 Å². The summed E-state index contributed by atoms with van der Waals surface area (Å²) in [6, 6.07) is 4.38. The van der Waals surface area contributed by atoms with Crippen molar-refractivity contribution in [2.24, 2.45) is 0 Å². The SMILES string of the molecule is CCOC(=O)N1CC[NH+]([C@H](C)C(=O)Nc2ccc(C)c(F)c2)CC1. The van der Waals surface area contributed by atoms with Crippen LogP contribution in [0.25, 0.3) is 0 Å². The summed E-state index contributed by atoms with van der Waals surface area (Å²) >= 11 is 0. The molecule has 1 aliphatic rings. The molecule has 0 saturated carbocycles. The van der Waals surface area contributed by atoms with Crippen LogP contribution >= 0.6 is 0 Å². The summed E-state index contributed by atoms with van der Waals surface area (Å²) in [5, 5.41) is 2.76. The molecule has 0 unspecified atom stereocenters. The number of amides is 2. The average Bonchev–Trinajstić information content (AvgIpc) is 2.58. The molecule has 6 nitrogen and oxygen atoms in total. The van der Waals surface area contributed by atoms with Crippen LogP contribution in [0.1, 0.15) is 19.4 Å². The Hall–Kier alpha value is -2.15. The molecule has 0 aliphatic carbocycles. The average molecular weight is 338 g/mol. The topological polar surface area (TPSA) is 63.1 Å². The molecule has 2 rings (SSSR count). The molecule has 0 radical (unpaired) electrons. The monoisotopic (exact) mass is 338 g/mol. The van der Waals surface area contributed by atoms with E-state index in [1.165, 1.54) is 6.07 Å². The molecule has 0 spiro atoms. The molecule has 2 N–H and O–H groups in total. The third kappa shape index (κ3) is 4.44. The van der Waals surface area contributed by atoms with Crippen LogP contribution in [-0.4, -0.2) is 55.7 Å². The van der Waals surface area contributed by atoms with Gasteiger partial charge in [0.15, 0.2) is 6.04 Å². The number of piperazine rings is 1. The maximum Gasteiger partial charge on any atom is 0.410 e. The van der Waals surface area contributed by atoms with E-state index >= 15 is 0 Å². The van der Waals surface area contributed by atoms with Gasteiger partial charge in [-0.25, -0.2) is 9.18 Å². The Kier molecular flexibility index (Phi) is 6.14. The second-order valence-corrected chi connectivity index (χ2v) is 6.02. The van der Waals surface area contributed by atoms with Crippen molar-refractivity contribution in [3.8, 4) is 0 Å². The van der Waals surface area contributed by atoms with Crippen LogP contribution in [0.4, 0.5) is 14.9 Å². The zero-order valence-corrected chi connectivity index (χ0v) is 14.4. The summed E-state index contributed by atoms with van der Waals surface area (Å²) in [5.41, 5.74) is 1.00. The molecule has 24 heavy (non-hydrogen) atoms. The number of benzene rings is 1. The lowest BCUT2D eigenvalue weighted by Crippen LogP contribution is -3.19. The van der Waals surface area contributed by atoms with Crippen LogP contribution in [0, 0.1) is 12.7 Å². The zero-order valence-electron chi connectivity index (χ0n) is 14.4. The number of hydrogen-bond acceptors (Lipinski definition) is 3. The number of nitrogens with one attached hydrogen (secondary N) is 2. The van der Waals surface area contributed by atoms with Crippen molar-refractivity contribution in [3.05, 3.63) is 29.6 Å². The minimum atomic E-state index is -0.337. The van der Waals surface area contributed by atoms with Gasteiger partial charge in [-0.15, -0.1) is 0 Å². The zero-order chi connectivity index (χ0) is 17.7. The van der Waals surface area contributed by atoms with Crippen molar-refractivity contribution in [2.45, 2.75) is 26.8 Å². The number of carbonyl (C=O) groups excluding carboxylic acids is 2. The van der Waals surface area contributed by atoms with Gasteiger partial charge in [0.2, 0.25) is 0 Å². The van der Waals surface area contributed by atoms with E-state index in [1.807, 2.05) is 6.92 Å². The Morgan fingerprint density at radius 2 is 2.04 bits per heavy atom. The number of quaternary nitrogens is 1. The predicted octanol–water partition coefficient (Wildman–Crippen LogP) is 0.818. The molecule has 7 heteroatoms. The van der Waals surface area contributed by atoms with Crippen LogP contribution in [0.15, 0.2) is 18.2 Å². The summed E-state index contributed by atoms with van der Waals surface area (Å²) in [6.45, 7) is 8.13. The molecule has 132 valence electrons. The Labute approximate surface area is 141 Å². The van der Waals surface area contributed by atoms with Crippen molar-refractivity contribution in [2.75, 3.05) is 38.1 Å². The van der Waals surface area contributed by atoms with Gasteiger partial charge < -0.3 is 15.0 Å². The highest BCUT2D eigenvalue weighted by Crippen LogP contribution is 2.13. The molecule has 1 aromatic rings. The molecule has 1 saturated heterocycles. The largest absolute Gasteiger partial charge is 0.450 e. The second-order valence-electron chi connectivity index (χ2n) is 6.02. The lowest BCUT2D eigenvalue weighted by molar-refractivity contribution is -0.917. The number of aryl methyl sites for hydroxylation is 1. The molecule has 1 aromatic carbocycles. The number of halogens is 1. The summed E-state index contributed by atoms with van der Waals surface area (Å²) in [7, 11) is 0. The number of nitrogens with zero attached hydrogens (tertiary/aromatic N) is 1. The van der Waals surface area contributed by atoms with Gasteiger partial charge in [-0.3, -0.25) is 9.69 Å². The molecule has 2 amide bonds. The fourth-order valence-electron chi connectivity index (χ4n) is 2.73. The highest BCUT2D eigenvalue weighted by molar-refractivity contribution is 5.93. The fraction of sp³-hybridized carbons (Fsp3) is 0.529. The first-order valence-corrected chi connectivity index (χ1v) is 8.25. The van der Waals surface area contributed by atoms with Gasteiger partial charge in [0.25, 0.3) is 5.91 Å². The van der Waals surface area contributed by atoms with Crippen LogP contribution in [0.2, 0.25) is 0 Å². The van der Waals surface area contributed by atoms with Crippen LogP contribution in [0.5, 0.6) is 0 Å². The van der Waals surface area contributed by atoms with Gasteiger partial charge in [-0.1, -0.05) is 6.07 Å². The quantitative estimate of drug-likeness (QED) is 0.854. The number of carbonyl (C=O) groups is 2. The molecule has 0 aromatic heterocycles. The molecular weight excluding hydrogens is 313 g/mol. The first-order valence-electron chi connectivity index (χ1n) is 8.25. The van der Waals surface area contributed by atoms with E-state index in [0.717, 1.165) is 4.90 Å². The Bertz CT molecular complexity index is 601. The predicted molar refractivity (Wildman–Crippen MR) is 88.5 cm³/mol. The van der Waals surface area contributed by atoms with Crippen molar-refractivity contribution < 1.29 is 23.6 Å². The summed E-state index contributed by atoms with van der Waals surface area (Å²) in [4.78, 5) is 26.8. The maximum atomic E-state index is 13.6. The first-order chi connectivity index (χ1) is 11.4. The third-order valence-corrected chi connectivity index (χ3v) is 4.38. The number of rotatable bonds is 4. The minimum absolute atomic E-state index is 0.155. The van der Waals surface area contributed by atoms with E-state index in [9.17, 15) is 14.0 Å². The molecule has 1 aliphatic heterocycles. The molecule has 0 bridgehead atoms. The summed E-state index contributed by atoms with van der Waals surface area (Å²) in [5.74, 6) is -0.492. The lowest BCUT2D eigenvalue weighted by Gasteiger charge is -2.34. The van der Waals surface area contributed by atoms with Gasteiger partial charge in [0.1, 0.15) is 5.82 Å². The Balaban J connectivity index is 1.87. The Morgan fingerprint density at radius 3 is 2.62 bits per heavy atom. The van der Waals surface area contributed by atoms with E-state index in [0.29, 0.717) is 44.0 Å². The molecular formula is C17H25FN3O3+. The lowest BCUT2D eigenvalue weighted by atomic mass is 10.2. The standard InChI is InChI=1S/C17H24FN3O3/c1-4-24-17(23)21-9-7-20(8-10-21)13(3)16(22)19-14-6-5-12(2)15(18)11-14/h5-6,11,13H,4,7-10H2,1-3H3,(H,19,22)/p+1/t13-/m1/s1. The van der Waals surface area contributed by atoms with E-state index < -0.39 is 0 Å². The first kappa shape index (κ1) is 18.2. The maximum absolute atomic E-state index is 13.6. The fourth-order valence-corrected chi connectivity index (χ4v) is 2.73. The highest BCUT2D eigenvalue weighted by Gasteiger charge is 2.31. The third-order valence-electron chi connectivity index (χ3n) is 4.38. The van der Waals surface area contributed by atoms with E-state index in [4.69, 9.17) is 4.74 Å². The van der Waals surface area contributed by atoms with Gasteiger partial charge in [-0.2, -0.15) is 0 Å². The normalized spacial score (nSPS) is 16.6. The van der Waals surface area contributed by atoms with E-state index in [2.05, 4.69) is 5.32 Å². The summed E-state index contributed by atoms with van der Waals surface area (Å²) < 4.78 is 18.5. The van der Waals surface area contributed by atoms with E-state index in [1.54, 1.807) is 30.9 Å².